The highest BCUT2D eigenvalue weighted by molar-refractivity contribution is 5.80. The Morgan fingerprint density at radius 3 is 1.64 bits per heavy atom. The van der Waals surface area contributed by atoms with E-state index in [4.69, 9.17) is 68.6 Å². The van der Waals surface area contributed by atoms with Crippen LogP contribution in [0.1, 0.15) is 13.3 Å². The van der Waals surface area contributed by atoms with Gasteiger partial charge in [0.25, 0.3) is 0 Å². The van der Waals surface area contributed by atoms with E-state index in [-0.39, 0.29) is 26.1 Å². The average Bonchev–Trinajstić information content (AvgIpc) is 3.33. The van der Waals surface area contributed by atoms with Crippen LogP contribution in [0.5, 0.6) is 0 Å². The zero-order chi connectivity index (χ0) is 34.9. The summed E-state index contributed by atoms with van der Waals surface area (Å²) in [6.45, 7) is 0.858. The van der Waals surface area contributed by atoms with E-state index in [1.165, 1.54) is 6.92 Å². The van der Waals surface area contributed by atoms with E-state index in [2.05, 4.69) is 5.32 Å². The van der Waals surface area contributed by atoms with Gasteiger partial charge in [0, 0.05) is 31.7 Å². The molecule has 4 fully saturated rings. The van der Waals surface area contributed by atoms with Gasteiger partial charge in [0.1, 0.15) is 67.1 Å². The molecule has 1 aliphatic carbocycles. The average molecular weight is 685 g/mol. The molecule has 21 nitrogen and oxygen atoms in total. The maximum atomic E-state index is 12.3. The summed E-state index contributed by atoms with van der Waals surface area (Å²) in [7, 11) is 0. The quantitative estimate of drug-likeness (QED) is 0.0960. The lowest BCUT2D eigenvalue weighted by Crippen LogP contribution is -2.68. The van der Waals surface area contributed by atoms with Gasteiger partial charge in [-0.2, -0.15) is 0 Å². The first-order valence-corrected chi connectivity index (χ1v) is 15.6. The predicted molar refractivity (Wildman–Crippen MR) is 158 cm³/mol. The molecule has 0 bridgehead atoms. The molecule has 47 heavy (non-hydrogen) atoms. The molecule has 1 saturated carbocycles. The number of hydrogen-bond donors (Lipinski definition) is 14. The van der Waals surface area contributed by atoms with Crippen LogP contribution in [-0.2, 0) is 33.2 Å². The van der Waals surface area contributed by atoms with Gasteiger partial charge in [-0.15, -0.1) is 0 Å². The van der Waals surface area contributed by atoms with E-state index in [0.717, 1.165) is 0 Å². The van der Waals surface area contributed by atoms with Crippen LogP contribution >= 0.6 is 0 Å². The van der Waals surface area contributed by atoms with Crippen molar-refractivity contribution in [3.63, 3.8) is 0 Å². The molecule has 21 heteroatoms. The van der Waals surface area contributed by atoms with Crippen LogP contribution in [0, 0.1) is 0 Å². The normalized spacial score (nSPS) is 49.9. The number of rotatable bonds is 11. The third-order valence-corrected chi connectivity index (χ3v) is 9.08. The molecule has 0 aromatic rings. The number of carbonyl (C=O) groups excluding carboxylic acids is 1. The highest BCUT2D eigenvalue weighted by atomic mass is 16.8. The summed E-state index contributed by atoms with van der Waals surface area (Å²) >= 11 is 0. The largest absolute Gasteiger partial charge is 0.389 e. The zero-order valence-corrected chi connectivity index (χ0v) is 26.0. The Hall–Kier alpha value is -1.29. The predicted octanol–water partition coefficient (Wildman–Crippen LogP) is -9.42. The first kappa shape index (κ1) is 38.5. The van der Waals surface area contributed by atoms with Gasteiger partial charge in [0.15, 0.2) is 18.9 Å². The second kappa shape index (κ2) is 16.2. The third kappa shape index (κ3) is 8.20. The van der Waals surface area contributed by atoms with Crippen molar-refractivity contribution in [3.8, 4) is 0 Å². The minimum absolute atomic E-state index is 0.0677. The van der Waals surface area contributed by atoms with Gasteiger partial charge in [-0.25, -0.2) is 0 Å². The van der Waals surface area contributed by atoms with Crippen molar-refractivity contribution < 1.29 is 63.9 Å². The van der Waals surface area contributed by atoms with Crippen LogP contribution in [-0.4, -0.2) is 179 Å². The van der Waals surface area contributed by atoms with E-state index in [1.54, 1.807) is 0 Å². The van der Waals surface area contributed by atoms with Crippen LogP contribution in [0.4, 0.5) is 0 Å². The molecule has 0 radical (unpaired) electrons. The van der Waals surface area contributed by atoms with Gasteiger partial charge in [-0.05, 0) is 13.3 Å². The van der Waals surface area contributed by atoms with Crippen LogP contribution in [0.3, 0.4) is 0 Å². The summed E-state index contributed by atoms with van der Waals surface area (Å²) in [5, 5.41) is 66.5. The molecule has 4 aliphatic rings. The number of carbonyl (C=O) groups is 1. The summed E-state index contributed by atoms with van der Waals surface area (Å²) in [5.74, 6) is -0.543. The number of aliphatic hydroxyl groups is 6. The number of nitrogens with two attached hydrogens (primary N) is 7. The first-order valence-electron chi connectivity index (χ1n) is 15.6. The molecular formula is C26H52N8O13. The summed E-state index contributed by atoms with van der Waals surface area (Å²) < 4.78 is 35.4. The molecule has 0 unspecified atom stereocenters. The molecule has 21 N–H and O–H groups in total. The third-order valence-electron chi connectivity index (χ3n) is 9.08. The molecule has 0 aromatic heterocycles. The number of ether oxygens (including phenoxy) is 6. The Morgan fingerprint density at radius 2 is 1.15 bits per heavy atom. The van der Waals surface area contributed by atoms with Crippen LogP contribution in [0.15, 0.2) is 0 Å². The Labute approximate surface area is 270 Å². The molecule has 3 heterocycles. The Balaban J connectivity index is 1.56. The SMILES string of the molecule is C[C@H](N)C(=O)NC[C@H]1O[C@@H](O[C@@H]2[C@@H](O)[C@H](N)C[C@H](N)[C@H]2O[C@H]2O[C@H](CN)[C@@H](O)[C@H](O)[C@H]2N)[C@H](O)[C@@H]1O[C@H]1O[C@@H](CN)[C@@H](O)[C@H](O)[C@H]1N. The van der Waals surface area contributed by atoms with Crippen molar-refractivity contribution in [2.75, 3.05) is 19.6 Å². The van der Waals surface area contributed by atoms with Crippen molar-refractivity contribution in [1.29, 1.82) is 0 Å². The summed E-state index contributed by atoms with van der Waals surface area (Å²) in [6, 6.07) is -5.19. The van der Waals surface area contributed by atoms with E-state index in [1.807, 2.05) is 0 Å². The van der Waals surface area contributed by atoms with Crippen molar-refractivity contribution in [2.24, 2.45) is 40.1 Å². The van der Waals surface area contributed by atoms with Crippen molar-refractivity contribution in [1.82, 2.24) is 5.32 Å². The monoisotopic (exact) mass is 684 g/mol. The van der Waals surface area contributed by atoms with Gasteiger partial charge >= 0.3 is 0 Å². The van der Waals surface area contributed by atoms with Crippen molar-refractivity contribution in [3.05, 3.63) is 0 Å². The molecule has 3 aliphatic heterocycles. The van der Waals surface area contributed by atoms with E-state index >= 15 is 0 Å². The topological polar surface area (TPSA) is 388 Å². The molecule has 4 rings (SSSR count). The number of hydrogen-bond acceptors (Lipinski definition) is 20. The van der Waals surface area contributed by atoms with Crippen LogP contribution in [0.2, 0.25) is 0 Å². The summed E-state index contributed by atoms with van der Waals surface area (Å²) in [4.78, 5) is 12.3. The second-order valence-electron chi connectivity index (χ2n) is 12.6. The molecule has 274 valence electrons. The fourth-order valence-corrected chi connectivity index (χ4v) is 6.12. The Morgan fingerprint density at radius 1 is 0.681 bits per heavy atom. The Kier molecular flexibility index (Phi) is 13.2. The van der Waals surface area contributed by atoms with Gasteiger partial charge in [0.05, 0.1) is 24.2 Å². The maximum absolute atomic E-state index is 12.3. The minimum Gasteiger partial charge on any atom is -0.389 e. The molecule has 1 amide bonds. The molecule has 0 spiro atoms. The van der Waals surface area contributed by atoms with E-state index in [0.29, 0.717) is 0 Å². The minimum atomic E-state index is -1.64. The molecule has 0 aromatic carbocycles. The molecule has 3 saturated heterocycles. The van der Waals surface area contributed by atoms with E-state index < -0.39 is 128 Å². The van der Waals surface area contributed by atoms with Crippen LogP contribution in [0.25, 0.3) is 0 Å². The maximum Gasteiger partial charge on any atom is 0.236 e. The number of nitrogens with one attached hydrogen (secondary N) is 1. The van der Waals surface area contributed by atoms with Crippen LogP contribution < -0.4 is 45.5 Å². The summed E-state index contributed by atoms with van der Waals surface area (Å²) in [5.41, 5.74) is 41.7. The number of aliphatic hydroxyl groups excluding tert-OH is 6. The first-order chi connectivity index (χ1) is 22.1. The van der Waals surface area contributed by atoms with E-state index in [9.17, 15) is 35.4 Å². The highest BCUT2D eigenvalue weighted by Gasteiger charge is 2.54. The van der Waals surface area contributed by atoms with Crippen molar-refractivity contribution in [2.45, 2.75) is 136 Å². The standard InChI is InChI=1S/C26H52N8O13/c1-6(29)23(41)34-5-11-21(46-25-13(33)18(39)16(37)10(4-28)43-25)19(40)26(44-11)47-22-14(35)7(30)2-8(31)20(22)45-24-12(32)17(38)15(36)9(3-27)42-24/h6-22,24-26,35-40H,2-5,27-33H2,1H3,(H,34,41)/t6-,7+,8-,9+,10-,11+,12+,13+,14-,15+,16+,17+,18+,19+,20+,21+,22+,24+,25+,26-/m0/s1. The highest BCUT2D eigenvalue weighted by Crippen LogP contribution is 2.34. The lowest BCUT2D eigenvalue weighted by atomic mass is 9.84. The van der Waals surface area contributed by atoms with Gasteiger partial charge in [0.2, 0.25) is 5.91 Å². The second-order valence-corrected chi connectivity index (χ2v) is 12.6. The molecular weight excluding hydrogens is 632 g/mol. The Bertz CT molecular complexity index is 1020. The fraction of sp³-hybridized carbons (Fsp3) is 0.962. The smallest absolute Gasteiger partial charge is 0.236 e. The number of amides is 1. The summed E-state index contributed by atoms with van der Waals surface area (Å²) in [6.07, 6.45) is -20.2. The fourth-order valence-electron chi connectivity index (χ4n) is 6.12. The van der Waals surface area contributed by atoms with Gasteiger partial charge in [-0.3, -0.25) is 4.79 Å². The van der Waals surface area contributed by atoms with Crippen molar-refractivity contribution >= 4 is 5.91 Å². The molecule has 20 atom stereocenters. The van der Waals surface area contributed by atoms with Gasteiger partial charge in [-0.1, -0.05) is 0 Å². The lowest BCUT2D eigenvalue weighted by Gasteiger charge is -2.47. The zero-order valence-electron chi connectivity index (χ0n) is 26.0. The lowest BCUT2D eigenvalue weighted by molar-refractivity contribution is -0.306. The van der Waals surface area contributed by atoms with Gasteiger partial charge < -0.3 is 105 Å².